The number of carbonyl (C=O) groups is 4. The number of hydrogen-bond acceptors (Lipinski definition) is 6. The van der Waals surface area contributed by atoms with E-state index in [0.717, 1.165) is 61.8 Å². The minimum absolute atomic E-state index is 0.0273. The summed E-state index contributed by atoms with van der Waals surface area (Å²) < 4.78 is 5.48. The Morgan fingerprint density at radius 2 is 1.74 bits per heavy atom. The van der Waals surface area contributed by atoms with Crippen LogP contribution in [0.25, 0.3) is 0 Å². The van der Waals surface area contributed by atoms with Crippen LogP contribution in [0, 0.1) is 5.92 Å². The summed E-state index contributed by atoms with van der Waals surface area (Å²) in [6, 6.07) is 7.45. The molecular weight excluding hydrogens is 482 g/mol. The van der Waals surface area contributed by atoms with Crippen LogP contribution in [-0.4, -0.2) is 62.1 Å². The number of unbranched alkanes of at least 4 members (excludes halogenated alkanes) is 1. The molecule has 1 unspecified atom stereocenters. The number of carbonyl (C=O) groups excluding carboxylic acids is 4. The second kappa shape index (κ2) is 16.8. The number of nitrogens with zero attached hydrogens (tertiary/aromatic N) is 1. The summed E-state index contributed by atoms with van der Waals surface area (Å²) in [6.07, 6.45) is 7.39. The molecule has 0 fully saturated rings. The van der Waals surface area contributed by atoms with E-state index in [0.29, 0.717) is 38.1 Å². The number of benzene rings is 1. The van der Waals surface area contributed by atoms with Crippen molar-refractivity contribution in [2.24, 2.45) is 5.92 Å². The van der Waals surface area contributed by atoms with Crippen LogP contribution in [-0.2, 0) is 25.7 Å². The van der Waals surface area contributed by atoms with Crippen molar-refractivity contribution in [1.82, 2.24) is 15.5 Å². The first-order chi connectivity index (χ1) is 18.2. The van der Waals surface area contributed by atoms with E-state index < -0.39 is 0 Å². The van der Waals surface area contributed by atoms with Crippen molar-refractivity contribution < 1.29 is 23.9 Å². The Hall–Kier alpha value is -3.00. The fourth-order valence-electron chi connectivity index (χ4n) is 4.43. The molecule has 0 radical (unpaired) electrons. The van der Waals surface area contributed by atoms with Crippen molar-refractivity contribution in [2.45, 2.75) is 78.2 Å². The van der Waals surface area contributed by atoms with E-state index in [2.05, 4.69) is 10.6 Å². The third-order valence-electron chi connectivity index (χ3n) is 7.10. The minimum Gasteiger partial charge on any atom is -0.391 e. The van der Waals surface area contributed by atoms with Crippen molar-refractivity contribution in [3.63, 3.8) is 0 Å². The molecule has 0 aliphatic heterocycles. The lowest BCUT2D eigenvalue weighted by atomic mass is 9.90. The van der Waals surface area contributed by atoms with Gasteiger partial charge in [-0.1, -0.05) is 37.6 Å². The van der Waals surface area contributed by atoms with Gasteiger partial charge in [-0.3, -0.25) is 19.2 Å². The highest BCUT2D eigenvalue weighted by Gasteiger charge is 2.20. The number of ether oxygens (including phenoxy) is 1. The lowest BCUT2D eigenvalue weighted by Crippen LogP contribution is -2.30. The average molecular weight is 528 g/mol. The number of rotatable bonds is 17. The summed E-state index contributed by atoms with van der Waals surface area (Å²) >= 11 is 0. The van der Waals surface area contributed by atoms with Crippen LogP contribution in [0.15, 0.2) is 35.5 Å². The highest BCUT2D eigenvalue weighted by molar-refractivity contribution is 6.09. The molecule has 1 aliphatic rings. The summed E-state index contributed by atoms with van der Waals surface area (Å²) in [5.74, 6) is 0.196. The zero-order valence-electron chi connectivity index (χ0n) is 23.6. The molecule has 8 heteroatoms. The first-order valence-electron chi connectivity index (χ1n) is 13.8. The normalized spacial score (nSPS) is 14.1. The summed E-state index contributed by atoms with van der Waals surface area (Å²) in [6.45, 7) is 4.87. The zero-order chi connectivity index (χ0) is 27.9. The van der Waals surface area contributed by atoms with Gasteiger partial charge >= 0.3 is 0 Å². The Labute approximate surface area is 227 Å². The van der Waals surface area contributed by atoms with E-state index in [9.17, 15) is 19.2 Å². The molecule has 0 saturated heterocycles. The first kappa shape index (κ1) is 31.2. The fourth-order valence-corrected chi connectivity index (χ4v) is 4.43. The van der Waals surface area contributed by atoms with Gasteiger partial charge in [-0.15, -0.1) is 0 Å². The Kier molecular flexibility index (Phi) is 13.8. The topological polar surface area (TPSA) is 105 Å². The highest BCUT2D eigenvalue weighted by Crippen LogP contribution is 2.26. The van der Waals surface area contributed by atoms with Gasteiger partial charge in [0.1, 0.15) is 12.4 Å². The fraction of sp³-hybridized carbons (Fsp3) is 0.600. The largest absolute Gasteiger partial charge is 0.391 e. The van der Waals surface area contributed by atoms with Crippen molar-refractivity contribution in [1.29, 1.82) is 0 Å². The van der Waals surface area contributed by atoms with Crippen LogP contribution in [0.5, 0.6) is 0 Å². The lowest BCUT2D eigenvalue weighted by molar-refractivity contribution is -0.135. The number of hydrogen-bond donors (Lipinski definition) is 2. The van der Waals surface area contributed by atoms with E-state index in [1.54, 1.807) is 18.9 Å². The monoisotopic (exact) mass is 527 g/mol. The predicted molar refractivity (Wildman–Crippen MR) is 149 cm³/mol. The second-order valence-corrected chi connectivity index (χ2v) is 10.2. The van der Waals surface area contributed by atoms with Crippen molar-refractivity contribution in [3.8, 4) is 0 Å². The summed E-state index contributed by atoms with van der Waals surface area (Å²) in [5, 5.41) is 6.06. The van der Waals surface area contributed by atoms with Gasteiger partial charge in [0, 0.05) is 63.0 Å². The molecule has 210 valence electrons. The standard InChI is InChI=1S/C30H45N3O5/c1-22(23(2)34)10-7-8-18-32-28(35)13-9-19-38-21-29(36)33(4)20-24-14-16-25(17-15-24)30(37)26-11-5-6-12-27(26)31-3/h14-17,22,31H,5-13,18-21H2,1-4H3,(H,32,35). The average Bonchev–Trinajstić information content (AvgIpc) is 2.92. The van der Waals surface area contributed by atoms with Crippen molar-refractivity contribution >= 4 is 23.4 Å². The van der Waals surface area contributed by atoms with E-state index in [1.165, 1.54) is 0 Å². The van der Waals surface area contributed by atoms with Crippen molar-refractivity contribution in [2.75, 3.05) is 33.9 Å². The molecule has 0 bridgehead atoms. The summed E-state index contributed by atoms with van der Waals surface area (Å²) in [7, 11) is 3.59. The molecule has 8 nitrogen and oxygen atoms in total. The zero-order valence-corrected chi connectivity index (χ0v) is 23.6. The number of ketones is 2. The van der Waals surface area contributed by atoms with E-state index in [-0.39, 0.29) is 35.9 Å². The van der Waals surface area contributed by atoms with Gasteiger partial charge in [-0.2, -0.15) is 0 Å². The molecule has 1 aliphatic carbocycles. The number of nitrogens with one attached hydrogen (secondary N) is 2. The van der Waals surface area contributed by atoms with Gasteiger partial charge in [0.25, 0.3) is 0 Å². The lowest BCUT2D eigenvalue weighted by Gasteiger charge is -2.20. The molecule has 2 N–H and O–H groups in total. The number of Topliss-reactive ketones (excluding diaryl/α,β-unsaturated/α-hetero) is 2. The Bertz CT molecular complexity index is 971. The maximum Gasteiger partial charge on any atom is 0.248 e. The van der Waals surface area contributed by atoms with Gasteiger partial charge in [-0.25, -0.2) is 0 Å². The molecule has 0 aromatic heterocycles. The third-order valence-corrected chi connectivity index (χ3v) is 7.10. The van der Waals surface area contributed by atoms with Gasteiger partial charge in [0.05, 0.1) is 0 Å². The SMILES string of the molecule is CNC1=C(C(=O)c2ccc(CN(C)C(=O)COCCCC(=O)NCCCCC(C)C(C)=O)cc2)CCCC1. The van der Waals surface area contributed by atoms with E-state index >= 15 is 0 Å². The van der Waals surface area contributed by atoms with Crippen LogP contribution in [0.3, 0.4) is 0 Å². The molecule has 2 amide bonds. The van der Waals surface area contributed by atoms with Crippen LogP contribution in [0.1, 0.15) is 87.6 Å². The Balaban J connectivity index is 1.62. The molecule has 0 spiro atoms. The molecular formula is C30H45N3O5. The summed E-state index contributed by atoms with van der Waals surface area (Å²) in [4.78, 5) is 50.1. The number of amides is 2. The van der Waals surface area contributed by atoms with Crippen LogP contribution in [0.4, 0.5) is 0 Å². The first-order valence-corrected chi connectivity index (χ1v) is 13.8. The van der Waals surface area contributed by atoms with Crippen LogP contribution in [0.2, 0.25) is 0 Å². The maximum atomic E-state index is 12.9. The molecule has 0 saturated carbocycles. The Morgan fingerprint density at radius 3 is 2.42 bits per heavy atom. The summed E-state index contributed by atoms with van der Waals surface area (Å²) in [5.41, 5.74) is 3.53. The molecule has 1 aromatic carbocycles. The number of likely N-dealkylation sites (N-methyl/N-ethyl adjacent to an activating group) is 1. The van der Waals surface area contributed by atoms with Gasteiger partial charge in [-0.05, 0) is 57.4 Å². The second-order valence-electron chi connectivity index (χ2n) is 10.2. The van der Waals surface area contributed by atoms with Crippen molar-refractivity contribution in [3.05, 3.63) is 46.7 Å². The molecule has 1 aromatic rings. The van der Waals surface area contributed by atoms with E-state index in [1.807, 2.05) is 38.2 Å². The van der Waals surface area contributed by atoms with Gasteiger partial charge in [0.15, 0.2) is 5.78 Å². The predicted octanol–water partition coefficient (Wildman–Crippen LogP) is 4.18. The molecule has 0 heterocycles. The van der Waals surface area contributed by atoms with Crippen LogP contribution < -0.4 is 10.6 Å². The quantitative estimate of drug-likeness (QED) is 0.233. The maximum absolute atomic E-state index is 12.9. The molecule has 38 heavy (non-hydrogen) atoms. The van der Waals surface area contributed by atoms with Crippen LogP contribution >= 0.6 is 0 Å². The minimum atomic E-state index is -0.139. The molecule has 1 atom stereocenters. The Morgan fingerprint density at radius 1 is 1.03 bits per heavy atom. The smallest absolute Gasteiger partial charge is 0.248 e. The van der Waals surface area contributed by atoms with Gasteiger partial charge in [0.2, 0.25) is 11.8 Å². The number of allylic oxidation sites excluding steroid dienone is 2. The molecule has 2 rings (SSSR count). The third kappa shape index (κ3) is 10.8. The van der Waals surface area contributed by atoms with E-state index in [4.69, 9.17) is 4.74 Å². The highest BCUT2D eigenvalue weighted by atomic mass is 16.5. The van der Waals surface area contributed by atoms with Gasteiger partial charge < -0.3 is 20.3 Å².